The summed E-state index contributed by atoms with van der Waals surface area (Å²) < 4.78 is 0. The first kappa shape index (κ1) is 16.3. The van der Waals surface area contributed by atoms with Crippen molar-refractivity contribution in [1.82, 2.24) is 10.2 Å². The van der Waals surface area contributed by atoms with Crippen molar-refractivity contribution in [3.05, 3.63) is 71.8 Å². The fourth-order valence-corrected chi connectivity index (χ4v) is 3.04. The van der Waals surface area contributed by atoms with Crippen LogP contribution in [0.5, 0.6) is 0 Å². The van der Waals surface area contributed by atoms with Crippen LogP contribution in [-0.2, 0) is 4.79 Å². The summed E-state index contributed by atoms with van der Waals surface area (Å²) in [5.74, 6) is 6.62. The molecule has 1 aliphatic heterocycles. The van der Waals surface area contributed by atoms with Gasteiger partial charge in [0, 0.05) is 12.1 Å². The van der Waals surface area contributed by atoms with Crippen LogP contribution in [0.4, 0.5) is 0 Å². The molecule has 2 aromatic rings. The molecule has 1 aliphatic rings. The summed E-state index contributed by atoms with van der Waals surface area (Å²) in [4.78, 5) is 14.3. The van der Waals surface area contributed by atoms with E-state index in [2.05, 4.69) is 46.3 Å². The van der Waals surface area contributed by atoms with Crippen molar-refractivity contribution in [1.29, 1.82) is 0 Å². The number of carbonyl (C=O) groups is 1. The molecule has 0 aliphatic carbocycles. The van der Waals surface area contributed by atoms with E-state index in [-0.39, 0.29) is 5.91 Å². The molecule has 3 heteroatoms. The Morgan fingerprint density at radius 2 is 1.79 bits per heavy atom. The Kier molecular flexibility index (Phi) is 5.65. The number of hydrogen-bond donors (Lipinski definition) is 1. The van der Waals surface area contributed by atoms with E-state index in [0.717, 1.165) is 25.1 Å². The minimum Gasteiger partial charge on any atom is -0.344 e. The number of benzene rings is 2. The Hall–Kier alpha value is -2.57. The van der Waals surface area contributed by atoms with E-state index in [1.807, 2.05) is 36.4 Å². The molecule has 1 heterocycles. The van der Waals surface area contributed by atoms with Gasteiger partial charge in [-0.1, -0.05) is 60.4 Å². The fourth-order valence-electron chi connectivity index (χ4n) is 3.04. The molecule has 1 atom stereocenters. The van der Waals surface area contributed by atoms with E-state index >= 15 is 0 Å². The van der Waals surface area contributed by atoms with Crippen LogP contribution in [0.1, 0.15) is 23.5 Å². The average molecular weight is 318 g/mol. The van der Waals surface area contributed by atoms with Gasteiger partial charge in [0.15, 0.2) is 0 Å². The van der Waals surface area contributed by atoms with E-state index in [9.17, 15) is 4.79 Å². The monoisotopic (exact) mass is 318 g/mol. The number of amides is 1. The molecule has 0 spiro atoms. The maximum absolute atomic E-state index is 12.0. The molecule has 1 fully saturated rings. The minimum absolute atomic E-state index is 0.0473. The zero-order valence-electron chi connectivity index (χ0n) is 13.7. The van der Waals surface area contributed by atoms with E-state index in [1.54, 1.807) is 0 Å². The summed E-state index contributed by atoms with van der Waals surface area (Å²) in [5.41, 5.74) is 2.34. The third-order valence-electron chi connectivity index (χ3n) is 4.29. The maximum Gasteiger partial charge on any atom is 0.234 e. The molecule has 0 saturated carbocycles. The smallest absolute Gasteiger partial charge is 0.234 e. The summed E-state index contributed by atoms with van der Waals surface area (Å²) in [5, 5.41) is 2.88. The highest BCUT2D eigenvalue weighted by molar-refractivity contribution is 5.78. The van der Waals surface area contributed by atoms with Gasteiger partial charge in [-0.2, -0.15) is 0 Å². The lowest BCUT2D eigenvalue weighted by Crippen LogP contribution is -2.36. The molecule has 3 rings (SSSR count). The summed E-state index contributed by atoms with van der Waals surface area (Å²) >= 11 is 0. The van der Waals surface area contributed by atoms with Crippen LogP contribution in [0, 0.1) is 11.8 Å². The van der Waals surface area contributed by atoms with Crippen molar-refractivity contribution in [3.8, 4) is 11.8 Å². The second-order valence-electron chi connectivity index (χ2n) is 6.08. The number of hydrogen-bond acceptors (Lipinski definition) is 2. The van der Waals surface area contributed by atoms with Gasteiger partial charge in [-0.3, -0.25) is 9.69 Å². The molecule has 1 amide bonds. The predicted molar refractivity (Wildman–Crippen MR) is 96.6 cm³/mol. The van der Waals surface area contributed by atoms with Gasteiger partial charge in [0.25, 0.3) is 0 Å². The van der Waals surface area contributed by atoms with Crippen molar-refractivity contribution in [3.63, 3.8) is 0 Å². The number of likely N-dealkylation sites (tertiary alicyclic amines) is 1. The van der Waals surface area contributed by atoms with Gasteiger partial charge in [-0.05, 0) is 36.6 Å². The third kappa shape index (κ3) is 4.71. The highest BCUT2D eigenvalue weighted by Gasteiger charge is 2.24. The molecular weight excluding hydrogens is 296 g/mol. The molecule has 0 bridgehead atoms. The van der Waals surface area contributed by atoms with Gasteiger partial charge in [-0.15, -0.1) is 0 Å². The lowest BCUT2D eigenvalue weighted by Gasteiger charge is -2.15. The number of nitrogens with zero attached hydrogens (tertiary/aromatic N) is 1. The highest BCUT2D eigenvalue weighted by atomic mass is 16.2. The van der Waals surface area contributed by atoms with Crippen molar-refractivity contribution in [2.24, 2.45) is 0 Å². The van der Waals surface area contributed by atoms with Crippen LogP contribution in [0.25, 0.3) is 0 Å². The molecule has 2 aromatic carbocycles. The molecule has 122 valence electrons. The van der Waals surface area contributed by atoms with Gasteiger partial charge >= 0.3 is 0 Å². The van der Waals surface area contributed by atoms with Gasteiger partial charge in [-0.25, -0.2) is 0 Å². The zero-order valence-corrected chi connectivity index (χ0v) is 13.7. The van der Waals surface area contributed by atoms with Crippen LogP contribution in [-0.4, -0.2) is 37.0 Å². The van der Waals surface area contributed by atoms with Gasteiger partial charge in [0.1, 0.15) is 0 Å². The third-order valence-corrected chi connectivity index (χ3v) is 4.29. The van der Waals surface area contributed by atoms with E-state index in [1.165, 1.54) is 5.56 Å². The second-order valence-corrected chi connectivity index (χ2v) is 6.08. The molecule has 24 heavy (non-hydrogen) atoms. The number of carbonyl (C=O) groups excluding carboxylic acids is 1. The Morgan fingerprint density at radius 3 is 2.54 bits per heavy atom. The van der Waals surface area contributed by atoms with Crippen LogP contribution in [0.15, 0.2) is 60.7 Å². The molecule has 0 radical (unpaired) electrons. The molecule has 3 nitrogen and oxygen atoms in total. The Morgan fingerprint density at radius 1 is 1.08 bits per heavy atom. The molecular formula is C21H22N2O. The second kappa shape index (κ2) is 8.33. The molecule has 1 N–H and O–H groups in total. The van der Waals surface area contributed by atoms with Crippen LogP contribution < -0.4 is 5.32 Å². The molecule has 1 saturated heterocycles. The first-order chi connectivity index (χ1) is 11.8. The fraction of sp³-hybridized carbons (Fsp3) is 0.286. The standard InChI is InChI=1S/C21H22N2O/c24-21(22-14-7-10-18-8-3-1-4-9-18)17-23-15-13-20(16-23)19-11-5-2-6-12-19/h1-6,8-9,11-12,20H,13-17H2,(H,22,24)/t20-/m0/s1. The largest absolute Gasteiger partial charge is 0.344 e. The number of nitrogens with one attached hydrogen (secondary N) is 1. The van der Waals surface area contributed by atoms with Crippen molar-refractivity contribution in [2.45, 2.75) is 12.3 Å². The van der Waals surface area contributed by atoms with Gasteiger partial charge in [0.2, 0.25) is 5.91 Å². The lowest BCUT2D eigenvalue weighted by molar-refractivity contribution is -0.121. The lowest BCUT2D eigenvalue weighted by atomic mass is 9.99. The maximum atomic E-state index is 12.0. The minimum atomic E-state index is 0.0473. The van der Waals surface area contributed by atoms with E-state index < -0.39 is 0 Å². The zero-order chi connectivity index (χ0) is 16.6. The van der Waals surface area contributed by atoms with E-state index in [4.69, 9.17) is 0 Å². The van der Waals surface area contributed by atoms with Crippen molar-refractivity contribution < 1.29 is 4.79 Å². The molecule has 0 unspecified atom stereocenters. The SMILES string of the molecule is O=C(CN1CC[C@H](c2ccccc2)C1)NCC#Cc1ccccc1. The molecule has 0 aromatic heterocycles. The Bertz CT molecular complexity index is 716. The Labute approximate surface area is 143 Å². The average Bonchev–Trinajstić information content (AvgIpc) is 3.09. The van der Waals surface area contributed by atoms with Crippen LogP contribution >= 0.6 is 0 Å². The van der Waals surface area contributed by atoms with Gasteiger partial charge < -0.3 is 5.32 Å². The predicted octanol–water partition coefficient (Wildman–Crippen LogP) is 2.64. The summed E-state index contributed by atoms with van der Waals surface area (Å²) in [7, 11) is 0. The summed E-state index contributed by atoms with van der Waals surface area (Å²) in [6, 6.07) is 20.3. The number of rotatable bonds is 4. The Balaban J connectivity index is 1.41. The van der Waals surface area contributed by atoms with E-state index in [0.29, 0.717) is 19.0 Å². The first-order valence-corrected chi connectivity index (χ1v) is 8.39. The first-order valence-electron chi connectivity index (χ1n) is 8.39. The highest BCUT2D eigenvalue weighted by Crippen LogP contribution is 2.26. The van der Waals surface area contributed by atoms with Gasteiger partial charge in [0.05, 0.1) is 13.1 Å². The summed E-state index contributed by atoms with van der Waals surface area (Å²) in [6.07, 6.45) is 1.12. The summed E-state index contributed by atoms with van der Waals surface area (Å²) in [6.45, 7) is 2.77. The quantitative estimate of drug-likeness (QED) is 0.879. The van der Waals surface area contributed by atoms with Crippen molar-refractivity contribution >= 4 is 5.91 Å². The normalized spacial score (nSPS) is 17.1. The topological polar surface area (TPSA) is 32.3 Å². The van der Waals surface area contributed by atoms with Crippen molar-refractivity contribution in [2.75, 3.05) is 26.2 Å². The van der Waals surface area contributed by atoms with Crippen LogP contribution in [0.3, 0.4) is 0 Å². The van der Waals surface area contributed by atoms with Crippen LogP contribution in [0.2, 0.25) is 0 Å².